The van der Waals surface area contributed by atoms with Gasteiger partial charge in [-0.05, 0) is 38.8 Å². The van der Waals surface area contributed by atoms with E-state index in [0.717, 1.165) is 35.6 Å². The first-order valence-electron chi connectivity index (χ1n) is 9.50. The number of para-hydroxylation sites is 1. The van der Waals surface area contributed by atoms with E-state index in [2.05, 4.69) is 15.4 Å². The molecule has 3 heterocycles. The summed E-state index contributed by atoms with van der Waals surface area (Å²) >= 11 is 0. The molecule has 7 heteroatoms. The number of carbonyl (C=O) groups excluding carboxylic acids is 2. The predicted molar refractivity (Wildman–Crippen MR) is 106 cm³/mol. The number of amides is 2. The second kappa shape index (κ2) is 7.42. The van der Waals surface area contributed by atoms with Crippen molar-refractivity contribution < 1.29 is 9.59 Å². The van der Waals surface area contributed by atoms with Crippen molar-refractivity contribution in [1.29, 1.82) is 0 Å². The van der Waals surface area contributed by atoms with Gasteiger partial charge in [-0.2, -0.15) is 5.10 Å². The van der Waals surface area contributed by atoms with Crippen LogP contribution in [-0.4, -0.2) is 44.4 Å². The highest BCUT2D eigenvalue weighted by Crippen LogP contribution is 2.22. The monoisotopic (exact) mass is 377 g/mol. The van der Waals surface area contributed by atoms with Crippen LogP contribution in [0.25, 0.3) is 5.65 Å². The Labute approximate surface area is 163 Å². The summed E-state index contributed by atoms with van der Waals surface area (Å²) in [4.78, 5) is 31.9. The number of nitrogens with zero attached hydrogens (tertiary/aromatic N) is 4. The second-order valence-electron chi connectivity index (χ2n) is 7.26. The Balaban J connectivity index is 1.50. The molecule has 28 heavy (non-hydrogen) atoms. The van der Waals surface area contributed by atoms with E-state index in [4.69, 9.17) is 0 Å². The van der Waals surface area contributed by atoms with Crippen molar-refractivity contribution in [3.05, 3.63) is 59.5 Å². The van der Waals surface area contributed by atoms with Gasteiger partial charge in [0.15, 0.2) is 5.65 Å². The number of likely N-dealkylation sites (tertiary alicyclic amines) is 1. The Hall–Kier alpha value is -3.22. The van der Waals surface area contributed by atoms with Gasteiger partial charge in [-0.15, -0.1) is 0 Å². The Morgan fingerprint density at radius 1 is 1.18 bits per heavy atom. The number of hydrogen-bond acceptors (Lipinski definition) is 4. The molecule has 2 aromatic heterocycles. The molecule has 0 radical (unpaired) electrons. The largest absolute Gasteiger partial charge is 0.338 e. The number of piperidine rings is 1. The zero-order valence-corrected chi connectivity index (χ0v) is 16.1. The highest BCUT2D eigenvalue weighted by Gasteiger charge is 2.30. The van der Waals surface area contributed by atoms with Crippen LogP contribution in [0.15, 0.2) is 42.6 Å². The van der Waals surface area contributed by atoms with Gasteiger partial charge in [0, 0.05) is 31.0 Å². The number of carbonyl (C=O) groups is 2. The number of aromatic nitrogens is 3. The van der Waals surface area contributed by atoms with Crippen LogP contribution in [0.3, 0.4) is 0 Å². The van der Waals surface area contributed by atoms with Crippen LogP contribution in [-0.2, 0) is 4.79 Å². The number of fused-ring (bicyclic) bond motifs is 1. The fourth-order valence-corrected chi connectivity index (χ4v) is 3.68. The van der Waals surface area contributed by atoms with Gasteiger partial charge in [0.2, 0.25) is 5.91 Å². The third-order valence-electron chi connectivity index (χ3n) is 5.20. The van der Waals surface area contributed by atoms with Crippen LogP contribution in [0.2, 0.25) is 0 Å². The van der Waals surface area contributed by atoms with Crippen LogP contribution in [0, 0.1) is 19.8 Å². The van der Waals surface area contributed by atoms with Crippen LogP contribution in [0.5, 0.6) is 0 Å². The molecule has 3 aromatic rings. The molecule has 7 nitrogen and oxygen atoms in total. The number of anilines is 1. The van der Waals surface area contributed by atoms with Crippen molar-refractivity contribution in [2.45, 2.75) is 26.7 Å². The van der Waals surface area contributed by atoms with Gasteiger partial charge in [-0.3, -0.25) is 9.59 Å². The zero-order valence-electron chi connectivity index (χ0n) is 16.1. The summed E-state index contributed by atoms with van der Waals surface area (Å²) in [5.74, 6) is -0.365. The highest BCUT2D eigenvalue weighted by molar-refractivity contribution is 5.97. The van der Waals surface area contributed by atoms with Crippen molar-refractivity contribution >= 4 is 23.1 Å². The summed E-state index contributed by atoms with van der Waals surface area (Å²) in [6, 6.07) is 11.3. The molecule has 144 valence electrons. The Morgan fingerprint density at radius 2 is 1.96 bits per heavy atom. The van der Waals surface area contributed by atoms with Crippen LogP contribution in [0.4, 0.5) is 5.69 Å². The van der Waals surface area contributed by atoms with Gasteiger partial charge < -0.3 is 10.2 Å². The maximum Gasteiger partial charge on any atom is 0.257 e. The smallest absolute Gasteiger partial charge is 0.257 e. The maximum absolute atomic E-state index is 13.1. The number of hydrogen-bond donors (Lipinski definition) is 1. The Bertz CT molecular complexity index is 1030. The highest BCUT2D eigenvalue weighted by atomic mass is 16.2. The number of nitrogens with one attached hydrogen (secondary N) is 1. The molecule has 0 unspecified atom stereocenters. The molecular formula is C21H23N5O2. The molecule has 4 rings (SSSR count). The third kappa shape index (κ3) is 3.47. The average molecular weight is 377 g/mol. The average Bonchev–Trinajstić information content (AvgIpc) is 3.10. The van der Waals surface area contributed by atoms with Gasteiger partial charge in [0.05, 0.1) is 22.9 Å². The normalized spacial score (nSPS) is 16.9. The summed E-state index contributed by atoms with van der Waals surface area (Å²) in [7, 11) is 0. The van der Waals surface area contributed by atoms with Gasteiger partial charge in [0.1, 0.15) is 0 Å². The van der Waals surface area contributed by atoms with E-state index in [0.29, 0.717) is 18.7 Å². The molecule has 1 fully saturated rings. The second-order valence-corrected chi connectivity index (χ2v) is 7.26. The van der Waals surface area contributed by atoms with Crippen molar-refractivity contribution in [2.24, 2.45) is 5.92 Å². The number of benzene rings is 1. The van der Waals surface area contributed by atoms with Gasteiger partial charge >= 0.3 is 0 Å². The van der Waals surface area contributed by atoms with E-state index < -0.39 is 0 Å². The van der Waals surface area contributed by atoms with Crippen molar-refractivity contribution in [2.75, 3.05) is 18.4 Å². The molecule has 1 aliphatic rings. The topological polar surface area (TPSA) is 79.6 Å². The summed E-state index contributed by atoms with van der Waals surface area (Å²) in [5, 5.41) is 7.36. The SMILES string of the molecule is Cc1cc2ncc(C(=O)N3CCC[C@H](C(=O)Nc4ccccc4)C3)c(C)n2n1. The van der Waals surface area contributed by atoms with Gasteiger partial charge in [-0.25, -0.2) is 9.50 Å². The minimum atomic E-state index is -0.221. The van der Waals surface area contributed by atoms with Gasteiger partial charge in [0.25, 0.3) is 5.91 Å². The molecule has 0 spiro atoms. The third-order valence-corrected chi connectivity index (χ3v) is 5.20. The van der Waals surface area contributed by atoms with E-state index in [1.165, 1.54) is 0 Å². The summed E-state index contributed by atoms with van der Waals surface area (Å²) < 4.78 is 1.70. The van der Waals surface area contributed by atoms with E-state index in [-0.39, 0.29) is 17.7 Å². The quantitative estimate of drug-likeness (QED) is 0.761. The summed E-state index contributed by atoms with van der Waals surface area (Å²) in [6.45, 7) is 4.82. The molecule has 1 aromatic carbocycles. The van der Waals surface area contributed by atoms with Crippen molar-refractivity contribution in [1.82, 2.24) is 19.5 Å². The van der Waals surface area contributed by atoms with Crippen LogP contribution in [0.1, 0.15) is 34.6 Å². The molecule has 1 aliphatic heterocycles. The predicted octanol–water partition coefficient (Wildman–Crippen LogP) is 2.84. The van der Waals surface area contributed by atoms with E-state index >= 15 is 0 Å². The fraction of sp³-hybridized carbons (Fsp3) is 0.333. The molecule has 0 aliphatic carbocycles. The van der Waals surface area contributed by atoms with Crippen LogP contribution >= 0.6 is 0 Å². The lowest BCUT2D eigenvalue weighted by atomic mass is 9.96. The minimum absolute atomic E-state index is 0.0447. The van der Waals surface area contributed by atoms with Gasteiger partial charge in [-0.1, -0.05) is 18.2 Å². The fourth-order valence-electron chi connectivity index (χ4n) is 3.68. The Morgan fingerprint density at radius 3 is 2.75 bits per heavy atom. The van der Waals surface area contributed by atoms with Crippen molar-refractivity contribution in [3.63, 3.8) is 0 Å². The van der Waals surface area contributed by atoms with Crippen LogP contribution < -0.4 is 5.32 Å². The number of rotatable bonds is 3. The van der Waals surface area contributed by atoms with E-state index in [1.807, 2.05) is 50.2 Å². The lowest BCUT2D eigenvalue weighted by molar-refractivity contribution is -0.121. The summed E-state index contributed by atoms with van der Waals surface area (Å²) in [6.07, 6.45) is 3.19. The lowest BCUT2D eigenvalue weighted by Gasteiger charge is -2.32. The number of aryl methyl sites for hydroxylation is 2. The molecule has 1 saturated heterocycles. The van der Waals surface area contributed by atoms with E-state index in [9.17, 15) is 9.59 Å². The van der Waals surface area contributed by atoms with E-state index in [1.54, 1.807) is 15.6 Å². The first-order chi connectivity index (χ1) is 13.5. The molecule has 1 N–H and O–H groups in total. The standard InChI is InChI=1S/C21H23N5O2/c1-14-11-19-22-12-18(15(2)26(19)24-14)21(28)25-10-6-7-16(13-25)20(27)23-17-8-4-3-5-9-17/h3-5,8-9,11-12,16H,6-7,10,13H2,1-2H3,(H,23,27)/t16-/m0/s1. The summed E-state index contributed by atoms with van der Waals surface area (Å²) in [5.41, 5.74) is 3.65. The maximum atomic E-state index is 13.1. The lowest BCUT2D eigenvalue weighted by Crippen LogP contribution is -2.44. The molecule has 0 bridgehead atoms. The molecule has 0 saturated carbocycles. The first kappa shape index (κ1) is 18.2. The Kier molecular flexibility index (Phi) is 4.81. The molecular weight excluding hydrogens is 354 g/mol. The molecule has 1 atom stereocenters. The zero-order chi connectivity index (χ0) is 19.7. The van der Waals surface area contributed by atoms with Crippen molar-refractivity contribution in [3.8, 4) is 0 Å². The minimum Gasteiger partial charge on any atom is -0.338 e. The first-order valence-corrected chi connectivity index (χ1v) is 9.50. The molecule has 2 amide bonds.